The third-order valence-electron chi connectivity index (χ3n) is 3.74. The minimum Gasteiger partial charge on any atom is -0.483 e. The van der Waals surface area contributed by atoms with Crippen LogP contribution in [-0.4, -0.2) is 24.6 Å². The number of halogens is 2. The molecule has 0 saturated heterocycles. The highest BCUT2D eigenvalue weighted by atomic mass is 35.5. The highest BCUT2D eigenvalue weighted by Gasteiger charge is 2.15. The van der Waals surface area contributed by atoms with Crippen LogP contribution in [0.5, 0.6) is 5.75 Å². The summed E-state index contributed by atoms with van der Waals surface area (Å²) >= 11 is 6.08. The van der Waals surface area contributed by atoms with Gasteiger partial charge in [0.1, 0.15) is 11.6 Å². The molecular formula is C21H26ClFN2O2. The maximum atomic E-state index is 13.6. The van der Waals surface area contributed by atoms with Gasteiger partial charge >= 0.3 is 0 Å². The summed E-state index contributed by atoms with van der Waals surface area (Å²) in [6, 6.07) is 12.0. The lowest BCUT2D eigenvalue weighted by Gasteiger charge is -2.21. The molecule has 6 heteroatoms. The molecule has 0 aliphatic carbocycles. The van der Waals surface area contributed by atoms with Crippen molar-refractivity contribution in [2.45, 2.75) is 39.3 Å². The van der Waals surface area contributed by atoms with Gasteiger partial charge in [0.15, 0.2) is 6.61 Å². The maximum Gasteiger partial charge on any atom is 0.258 e. The number of hydrogen-bond acceptors (Lipinski definition) is 3. The molecule has 0 radical (unpaired) electrons. The zero-order chi connectivity index (χ0) is 19.9. The van der Waals surface area contributed by atoms with Crippen molar-refractivity contribution in [2.24, 2.45) is 0 Å². The topological polar surface area (TPSA) is 50.4 Å². The zero-order valence-electron chi connectivity index (χ0n) is 15.9. The number of benzene rings is 2. The van der Waals surface area contributed by atoms with Crippen LogP contribution in [0, 0.1) is 5.82 Å². The minimum atomic E-state index is -0.308. The van der Waals surface area contributed by atoms with E-state index in [4.69, 9.17) is 16.3 Å². The predicted octanol–water partition coefficient (Wildman–Crippen LogP) is 4.10. The van der Waals surface area contributed by atoms with Crippen molar-refractivity contribution in [3.63, 3.8) is 0 Å². The lowest BCUT2D eigenvalue weighted by atomic mass is 10.1. The van der Waals surface area contributed by atoms with E-state index in [0.717, 1.165) is 5.56 Å². The van der Waals surface area contributed by atoms with Crippen LogP contribution >= 0.6 is 11.6 Å². The number of rotatable bonds is 8. The SMILES string of the molecule is CC(C)(C)NC(=O)COc1ccc(Cl)cc1CNCCc1ccccc1F. The van der Waals surface area contributed by atoms with Gasteiger partial charge in [0.2, 0.25) is 0 Å². The molecule has 2 N–H and O–H groups in total. The number of carbonyl (C=O) groups is 1. The number of nitrogens with one attached hydrogen (secondary N) is 2. The molecule has 0 aliphatic rings. The van der Waals surface area contributed by atoms with Gasteiger partial charge in [0.25, 0.3) is 5.91 Å². The van der Waals surface area contributed by atoms with E-state index >= 15 is 0 Å². The largest absolute Gasteiger partial charge is 0.483 e. The van der Waals surface area contributed by atoms with Gasteiger partial charge in [-0.2, -0.15) is 0 Å². The summed E-state index contributed by atoms with van der Waals surface area (Å²) in [5.41, 5.74) is 1.21. The Balaban J connectivity index is 1.89. The fourth-order valence-corrected chi connectivity index (χ4v) is 2.77. The van der Waals surface area contributed by atoms with E-state index in [1.165, 1.54) is 6.07 Å². The van der Waals surface area contributed by atoms with E-state index in [1.54, 1.807) is 30.3 Å². The highest BCUT2D eigenvalue weighted by molar-refractivity contribution is 6.30. The molecule has 0 spiro atoms. The summed E-state index contributed by atoms with van der Waals surface area (Å²) in [4.78, 5) is 11.9. The maximum absolute atomic E-state index is 13.6. The summed E-state index contributed by atoms with van der Waals surface area (Å²) in [6.07, 6.45) is 0.581. The molecule has 1 amide bonds. The molecule has 0 aliphatic heterocycles. The predicted molar refractivity (Wildman–Crippen MR) is 107 cm³/mol. The van der Waals surface area contributed by atoms with Crippen LogP contribution in [0.2, 0.25) is 5.02 Å². The van der Waals surface area contributed by atoms with Crippen LogP contribution in [0.4, 0.5) is 4.39 Å². The van der Waals surface area contributed by atoms with Crippen molar-refractivity contribution >= 4 is 17.5 Å². The Morgan fingerprint density at radius 2 is 1.89 bits per heavy atom. The van der Waals surface area contributed by atoms with Gasteiger partial charge in [0, 0.05) is 22.7 Å². The van der Waals surface area contributed by atoms with Crippen molar-refractivity contribution in [1.29, 1.82) is 0 Å². The van der Waals surface area contributed by atoms with Crippen molar-refractivity contribution in [3.8, 4) is 5.75 Å². The standard InChI is InChI=1S/C21H26ClFN2O2/c1-21(2,3)25-20(26)14-27-19-9-8-17(22)12-16(19)13-24-11-10-15-6-4-5-7-18(15)23/h4-9,12,24H,10-11,13-14H2,1-3H3,(H,25,26). The monoisotopic (exact) mass is 392 g/mol. The first-order valence-electron chi connectivity index (χ1n) is 8.91. The molecule has 0 fully saturated rings. The van der Waals surface area contributed by atoms with Crippen LogP contribution in [0.3, 0.4) is 0 Å². The second-order valence-electron chi connectivity index (χ2n) is 7.36. The third kappa shape index (κ3) is 7.57. The third-order valence-corrected chi connectivity index (χ3v) is 3.98. The highest BCUT2D eigenvalue weighted by Crippen LogP contribution is 2.23. The number of hydrogen-bond donors (Lipinski definition) is 2. The normalized spacial score (nSPS) is 11.3. The fraction of sp³-hybridized carbons (Fsp3) is 0.381. The summed E-state index contributed by atoms with van der Waals surface area (Å²) in [5.74, 6) is 0.216. The Bertz CT molecular complexity index is 775. The Kier molecular flexibility index (Phi) is 7.63. The second-order valence-corrected chi connectivity index (χ2v) is 7.79. The Labute approximate surface area is 165 Å². The first kappa shape index (κ1) is 21.2. The van der Waals surface area contributed by atoms with E-state index in [0.29, 0.717) is 35.8 Å². The molecule has 0 heterocycles. The van der Waals surface area contributed by atoms with Crippen molar-refractivity contribution < 1.29 is 13.9 Å². The second kappa shape index (κ2) is 9.72. The van der Waals surface area contributed by atoms with E-state index < -0.39 is 0 Å². The van der Waals surface area contributed by atoms with E-state index in [2.05, 4.69) is 10.6 Å². The number of amides is 1. The molecule has 0 bridgehead atoms. The van der Waals surface area contributed by atoms with Crippen molar-refractivity contribution in [1.82, 2.24) is 10.6 Å². The summed E-state index contributed by atoms with van der Waals surface area (Å²) in [5, 5.41) is 6.71. The van der Waals surface area contributed by atoms with Crippen LogP contribution in [0.25, 0.3) is 0 Å². The average molecular weight is 393 g/mol. The number of ether oxygens (including phenoxy) is 1. The molecule has 2 aromatic carbocycles. The average Bonchev–Trinajstić information content (AvgIpc) is 2.58. The fourth-order valence-electron chi connectivity index (χ4n) is 2.57. The first-order chi connectivity index (χ1) is 12.7. The van der Waals surface area contributed by atoms with Gasteiger partial charge in [-0.05, 0) is 63.6 Å². The van der Waals surface area contributed by atoms with Crippen LogP contribution in [-0.2, 0) is 17.8 Å². The summed E-state index contributed by atoms with van der Waals surface area (Å²) < 4.78 is 19.3. The van der Waals surface area contributed by atoms with Crippen molar-refractivity contribution in [2.75, 3.05) is 13.2 Å². The van der Waals surface area contributed by atoms with E-state index in [1.807, 2.05) is 26.8 Å². The lowest BCUT2D eigenvalue weighted by Crippen LogP contribution is -2.43. The molecule has 0 saturated carbocycles. The van der Waals surface area contributed by atoms with E-state index in [-0.39, 0.29) is 23.9 Å². The number of carbonyl (C=O) groups excluding carboxylic acids is 1. The smallest absolute Gasteiger partial charge is 0.258 e. The van der Waals surface area contributed by atoms with Gasteiger partial charge in [-0.15, -0.1) is 0 Å². The zero-order valence-corrected chi connectivity index (χ0v) is 16.7. The van der Waals surface area contributed by atoms with Gasteiger partial charge in [-0.1, -0.05) is 29.8 Å². The van der Waals surface area contributed by atoms with Crippen LogP contribution in [0.1, 0.15) is 31.9 Å². The molecule has 4 nitrogen and oxygen atoms in total. The van der Waals surface area contributed by atoms with Gasteiger partial charge in [-0.3, -0.25) is 4.79 Å². The van der Waals surface area contributed by atoms with Gasteiger partial charge in [-0.25, -0.2) is 4.39 Å². The summed E-state index contributed by atoms with van der Waals surface area (Å²) in [7, 11) is 0. The van der Waals surface area contributed by atoms with E-state index in [9.17, 15) is 9.18 Å². The molecule has 146 valence electrons. The van der Waals surface area contributed by atoms with Gasteiger partial charge < -0.3 is 15.4 Å². The lowest BCUT2D eigenvalue weighted by molar-refractivity contribution is -0.124. The molecule has 0 aromatic heterocycles. The van der Waals surface area contributed by atoms with Crippen LogP contribution < -0.4 is 15.4 Å². The van der Waals surface area contributed by atoms with Gasteiger partial charge in [0.05, 0.1) is 0 Å². The summed E-state index contributed by atoms with van der Waals surface area (Å²) in [6.45, 7) is 6.79. The first-order valence-corrected chi connectivity index (χ1v) is 9.29. The molecule has 0 unspecified atom stereocenters. The Morgan fingerprint density at radius 1 is 1.15 bits per heavy atom. The van der Waals surface area contributed by atoms with Crippen LogP contribution in [0.15, 0.2) is 42.5 Å². The molecule has 2 rings (SSSR count). The Morgan fingerprint density at radius 3 is 2.59 bits per heavy atom. The molecular weight excluding hydrogens is 367 g/mol. The minimum absolute atomic E-state index is 0.0683. The quantitative estimate of drug-likeness (QED) is 0.665. The molecule has 27 heavy (non-hydrogen) atoms. The Hall–Kier alpha value is -2.11. The molecule has 2 aromatic rings. The molecule has 0 atom stereocenters. The van der Waals surface area contributed by atoms with Crippen molar-refractivity contribution in [3.05, 3.63) is 64.4 Å².